The Morgan fingerprint density at radius 1 is 1.27 bits per heavy atom. The van der Waals surface area contributed by atoms with Crippen LogP contribution in [0.15, 0.2) is 53.5 Å². The van der Waals surface area contributed by atoms with Gasteiger partial charge in [-0.25, -0.2) is 0 Å². The number of aliphatic imine (C=N–C) groups is 1. The third-order valence-electron chi connectivity index (χ3n) is 5.20. The molecule has 1 aromatic heterocycles. The largest absolute Gasteiger partial charge is 0.463 e. The van der Waals surface area contributed by atoms with Crippen molar-refractivity contribution in [2.24, 2.45) is 10.4 Å². The fourth-order valence-electron chi connectivity index (χ4n) is 3.44. The molecule has 0 bridgehead atoms. The highest BCUT2D eigenvalue weighted by atomic mass is 32.2. The lowest BCUT2D eigenvalue weighted by atomic mass is 9.97. The Morgan fingerprint density at radius 2 is 2.03 bits per heavy atom. The number of nitrogens with zero attached hydrogens (tertiary/aromatic N) is 2. The Labute approximate surface area is 196 Å². The Morgan fingerprint density at radius 3 is 2.73 bits per heavy atom. The van der Waals surface area contributed by atoms with Crippen molar-refractivity contribution in [3.8, 4) is 0 Å². The molecule has 0 saturated carbocycles. The maximum atomic E-state index is 12.0. The zero-order valence-corrected chi connectivity index (χ0v) is 19.6. The molecule has 2 aromatic carbocycles. The average molecular weight is 467 g/mol. The number of carbonyl (C=O) groups excluding carboxylic acids is 1. The minimum absolute atomic E-state index is 0.0304. The van der Waals surface area contributed by atoms with Gasteiger partial charge in [0.05, 0.1) is 22.1 Å². The number of thioether (sulfide) groups is 1. The van der Waals surface area contributed by atoms with Crippen LogP contribution in [0.4, 0.5) is 11.4 Å². The van der Waals surface area contributed by atoms with Gasteiger partial charge in [0, 0.05) is 29.4 Å². The molecule has 0 spiro atoms. The van der Waals surface area contributed by atoms with E-state index in [-0.39, 0.29) is 29.2 Å². The van der Waals surface area contributed by atoms with Crippen molar-refractivity contribution < 1.29 is 14.5 Å². The smallest absolute Gasteiger partial charge is 0.311 e. The number of non-ortho nitro benzene ring substituents is 1. The number of aromatic nitrogens is 1. The lowest BCUT2D eigenvalue weighted by molar-refractivity contribution is -0.383. The molecule has 0 amide bonds. The SMILES string of the molecule is CC(C)(C)C(=O)OCC1CSC(c2cc3cc(CNc4ccccc4)cc([N+](=O)[O-])c3[nH]2)=N1. The first-order chi connectivity index (χ1) is 15.7. The predicted octanol–water partition coefficient (Wildman–Crippen LogP) is 5.14. The second-order valence-electron chi connectivity index (χ2n) is 8.99. The molecule has 1 atom stereocenters. The van der Waals surface area contributed by atoms with Crippen LogP contribution in [0.3, 0.4) is 0 Å². The fourth-order valence-corrected chi connectivity index (χ4v) is 4.45. The maximum Gasteiger partial charge on any atom is 0.311 e. The molecular weight excluding hydrogens is 440 g/mol. The first-order valence-corrected chi connectivity index (χ1v) is 11.7. The van der Waals surface area contributed by atoms with Gasteiger partial charge in [-0.15, -0.1) is 11.8 Å². The van der Waals surface area contributed by atoms with Gasteiger partial charge in [0.2, 0.25) is 0 Å². The van der Waals surface area contributed by atoms with Crippen molar-refractivity contribution in [3.63, 3.8) is 0 Å². The number of carbonyl (C=O) groups is 1. The van der Waals surface area contributed by atoms with Gasteiger partial charge in [0.1, 0.15) is 17.2 Å². The van der Waals surface area contributed by atoms with Crippen molar-refractivity contribution in [1.82, 2.24) is 4.98 Å². The highest BCUT2D eigenvalue weighted by molar-refractivity contribution is 8.14. The van der Waals surface area contributed by atoms with Crippen LogP contribution in [0, 0.1) is 15.5 Å². The van der Waals surface area contributed by atoms with Gasteiger partial charge in [-0.1, -0.05) is 18.2 Å². The Kier molecular flexibility index (Phi) is 6.42. The second kappa shape index (κ2) is 9.27. The topological polar surface area (TPSA) is 110 Å². The van der Waals surface area contributed by atoms with Gasteiger partial charge in [-0.3, -0.25) is 19.9 Å². The second-order valence-corrected chi connectivity index (χ2v) is 10.00. The molecule has 4 rings (SSSR count). The fraction of sp³-hybridized carbons (Fsp3) is 0.333. The number of H-pyrrole nitrogens is 1. The van der Waals surface area contributed by atoms with Crippen molar-refractivity contribution in [1.29, 1.82) is 0 Å². The van der Waals surface area contributed by atoms with E-state index in [0.717, 1.165) is 27.4 Å². The molecule has 0 fully saturated rings. The monoisotopic (exact) mass is 466 g/mol. The van der Waals surface area contributed by atoms with Gasteiger partial charge < -0.3 is 15.0 Å². The first-order valence-electron chi connectivity index (χ1n) is 10.7. The number of benzene rings is 2. The minimum atomic E-state index is -0.554. The molecular formula is C24H26N4O4S. The number of hydrogen-bond donors (Lipinski definition) is 2. The summed E-state index contributed by atoms with van der Waals surface area (Å²) in [4.78, 5) is 31.2. The molecule has 1 aliphatic rings. The summed E-state index contributed by atoms with van der Waals surface area (Å²) in [6, 6.07) is 15.0. The lowest BCUT2D eigenvalue weighted by Gasteiger charge is -2.17. The van der Waals surface area contributed by atoms with Crippen LogP contribution >= 0.6 is 11.8 Å². The molecule has 1 unspecified atom stereocenters. The summed E-state index contributed by atoms with van der Waals surface area (Å²) in [5.74, 6) is 0.435. The third-order valence-corrected chi connectivity index (χ3v) is 6.35. The van der Waals surface area contributed by atoms with Crippen molar-refractivity contribution >= 4 is 45.1 Å². The van der Waals surface area contributed by atoms with E-state index < -0.39 is 5.41 Å². The summed E-state index contributed by atoms with van der Waals surface area (Å²) < 4.78 is 5.40. The molecule has 3 aromatic rings. The Bertz CT molecular complexity index is 1210. The Balaban J connectivity index is 1.54. The molecule has 2 N–H and O–H groups in total. The molecule has 33 heavy (non-hydrogen) atoms. The number of fused-ring (bicyclic) bond motifs is 1. The number of esters is 1. The van der Waals surface area contributed by atoms with Crippen LogP contribution in [0.5, 0.6) is 0 Å². The van der Waals surface area contributed by atoms with Crippen LogP contribution < -0.4 is 5.32 Å². The molecule has 1 aliphatic heterocycles. The van der Waals surface area contributed by atoms with E-state index in [1.807, 2.05) is 63.2 Å². The lowest BCUT2D eigenvalue weighted by Crippen LogP contribution is -2.26. The van der Waals surface area contributed by atoms with Gasteiger partial charge in [0.25, 0.3) is 5.69 Å². The molecule has 9 heteroatoms. The Hall–Kier alpha value is -3.33. The molecule has 0 radical (unpaired) electrons. The van der Waals surface area contributed by atoms with Gasteiger partial charge in [-0.05, 0) is 50.6 Å². The number of nitro groups is 1. The number of nitrogens with one attached hydrogen (secondary N) is 2. The number of hydrogen-bond acceptors (Lipinski definition) is 7. The summed E-state index contributed by atoms with van der Waals surface area (Å²) in [5, 5.41) is 16.6. The van der Waals surface area contributed by atoms with Crippen LogP contribution in [-0.4, -0.2) is 39.3 Å². The van der Waals surface area contributed by atoms with E-state index >= 15 is 0 Å². The zero-order chi connectivity index (χ0) is 23.6. The van der Waals surface area contributed by atoms with E-state index in [1.54, 1.807) is 17.8 Å². The molecule has 8 nitrogen and oxygen atoms in total. The minimum Gasteiger partial charge on any atom is -0.463 e. The highest BCUT2D eigenvalue weighted by Gasteiger charge is 2.27. The van der Waals surface area contributed by atoms with E-state index in [0.29, 0.717) is 17.8 Å². The summed E-state index contributed by atoms with van der Waals surface area (Å²) in [5.41, 5.74) is 2.45. The summed E-state index contributed by atoms with van der Waals surface area (Å²) in [6.45, 7) is 6.14. The van der Waals surface area contributed by atoms with E-state index in [2.05, 4.69) is 15.3 Å². The van der Waals surface area contributed by atoms with E-state index in [4.69, 9.17) is 4.74 Å². The van der Waals surface area contributed by atoms with Crippen LogP contribution in [0.25, 0.3) is 10.9 Å². The van der Waals surface area contributed by atoms with Gasteiger partial charge in [0.15, 0.2) is 0 Å². The molecule has 0 saturated heterocycles. The standard InChI is InChI=1S/C24H26N4O4S/c1-24(2,3)23(29)32-13-18-14-33-22(26-18)19-11-16-9-15(10-20(28(30)31)21(16)27-19)12-25-17-7-5-4-6-8-17/h4-11,18,25,27H,12-14H2,1-3H3. The van der Waals surface area contributed by atoms with E-state index in [9.17, 15) is 14.9 Å². The quantitative estimate of drug-likeness (QED) is 0.283. The third kappa shape index (κ3) is 5.36. The molecule has 0 aliphatic carbocycles. The zero-order valence-electron chi connectivity index (χ0n) is 18.8. The van der Waals surface area contributed by atoms with Crippen molar-refractivity contribution in [3.05, 3.63) is 69.9 Å². The predicted molar refractivity (Wildman–Crippen MR) is 132 cm³/mol. The summed E-state index contributed by atoms with van der Waals surface area (Å²) in [6.07, 6.45) is 0. The normalized spacial score (nSPS) is 16.0. The number of nitro benzene ring substituents is 1. The van der Waals surface area contributed by atoms with Crippen LogP contribution in [0.2, 0.25) is 0 Å². The van der Waals surface area contributed by atoms with Gasteiger partial charge >= 0.3 is 5.97 Å². The number of rotatable bonds is 7. The van der Waals surface area contributed by atoms with Crippen LogP contribution in [-0.2, 0) is 16.1 Å². The van der Waals surface area contributed by atoms with Crippen molar-refractivity contribution in [2.75, 3.05) is 17.7 Å². The number of para-hydroxylation sites is 1. The number of ether oxygens (including phenoxy) is 1. The summed E-state index contributed by atoms with van der Waals surface area (Å²) >= 11 is 1.55. The number of anilines is 1. The van der Waals surface area contributed by atoms with Gasteiger partial charge in [-0.2, -0.15) is 0 Å². The van der Waals surface area contributed by atoms with Crippen molar-refractivity contribution in [2.45, 2.75) is 33.4 Å². The molecule has 2 heterocycles. The molecule has 172 valence electrons. The average Bonchev–Trinajstić information content (AvgIpc) is 3.42. The maximum absolute atomic E-state index is 12.0. The first kappa shape index (κ1) is 22.8. The number of aromatic amines is 1. The summed E-state index contributed by atoms with van der Waals surface area (Å²) in [7, 11) is 0. The van der Waals surface area contributed by atoms with Crippen LogP contribution in [0.1, 0.15) is 32.0 Å². The highest BCUT2D eigenvalue weighted by Crippen LogP contribution is 2.31. The van der Waals surface area contributed by atoms with E-state index in [1.165, 1.54) is 0 Å².